The fourth-order valence-electron chi connectivity index (χ4n) is 2.93. The van der Waals surface area contributed by atoms with Crippen molar-refractivity contribution in [1.29, 1.82) is 0 Å². The summed E-state index contributed by atoms with van der Waals surface area (Å²) in [7, 11) is 0. The summed E-state index contributed by atoms with van der Waals surface area (Å²) in [5.41, 5.74) is 1.97. The van der Waals surface area contributed by atoms with Crippen LogP contribution in [-0.4, -0.2) is 41.4 Å². The van der Waals surface area contributed by atoms with Crippen LogP contribution in [0.5, 0.6) is 0 Å². The van der Waals surface area contributed by atoms with Crippen LogP contribution in [0.2, 0.25) is 0 Å². The van der Waals surface area contributed by atoms with Gasteiger partial charge in [-0.05, 0) is 37.3 Å². The molecule has 1 heterocycles. The molecule has 0 aliphatic carbocycles. The van der Waals surface area contributed by atoms with Crippen molar-refractivity contribution in [2.75, 3.05) is 19.6 Å². The number of Topliss-reactive ketones (excluding diaryl/α,β-unsaturated/α-hetero) is 1. The van der Waals surface area contributed by atoms with Gasteiger partial charge in [0.25, 0.3) is 0 Å². The second-order valence-electron chi connectivity index (χ2n) is 6.27. The highest BCUT2D eigenvalue weighted by molar-refractivity contribution is 5.97. The van der Waals surface area contributed by atoms with Crippen LogP contribution in [0.15, 0.2) is 24.3 Å². The largest absolute Gasteiger partial charge is 0.481 e. The Bertz CT molecular complexity index is 524. The highest BCUT2D eigenvalue weighted by Gasteiger charge is 2.26. The first-order valence-corrected chi connectivity index (χ1v) is 8.09. The van der Waals surface area contributed by atoms with Crippen molar-refractivity contribution in [2.24, 2.45) is 5.92 Å². The van der Waals surface area contributed by atoms with Crippen molar-refractivity contribution in [2.45, 2.75) is 39.0 Å². The number of rotatable bonds is 6. The fourth-order valence-corrected chi connectivity index (χ4v) is 2.93. The number of hydrogen-bond donors (Lipinski definition) is 1. The van der Waals surface area contributed by atoms with E-state index in [2.05, 4.69) is 13.8 Å². The quantitative estimate of drug-likeness (QED) is 0.820. The molecule has 2 atom stereocenters. The second kappa shape index (κ2) is 7.54. The molecule has 1 saturated heterocycles. The van der Waals surface area contributed by atoms with Crippen LogP contribution < -0.4 is 0 Å². The molecular weight excluding hydrogens is 278 g/mol. The number of carbonyl (C=O) groups excluding carboxylic acids is 1. The molecule has 1 aromatic carbocycles. The van der Waals surface area contributed by atoms with Crippen molar-refractivity contribution in [3.8, 4) is 0 Å². The highest BCUT2D eigenvalue weighted by atomic mass is 16.4. The number of piperidine rings is 1. The van der Waals surface area contributed by atoms with Crippen LogP contribution in [-0.2, 0) is 4.79 Å². The van der Waals surface area contributed by atoms with Gasteiger partial charge in [0.1, 0.15) is 0 Å². The predicted octanol–water partition coefficient (Wildman–Crippen LogP) is 3.18. The van der Waals surface area contributed by atoms with E-state index in [1.54, 1.807) is 0 Å². The lowest BCUT2D eigenvalue weighted by atomic mass is 9.96. The third-order valence-corrected chi connectivity index (χ3v) is 4.64. The lowest BCUT2D eigenvalue weighted by Gasteiger charge is -2.29. The van der Waals surface area contributed by atoms with Gasteiger partial charge in [-0.15, -0.1) is 0 Å². The van der Waals surface area contributed by atoms with E-state index < -0.39 is 5.97 Å². The highest BCUT2D eigenvalue weighted by Crippen LogP contribution is 2.20. The zero-order valence-corrected chi connectivity index (χ0v) is 13.4. The van der Waals surface area contributed by atoms with Gasteiger partial charge in [-0.2, -0.15) is 0 Å². The minimum Gasteiger partial charge on any atom is -0.481 e. The predicted molar refractivity (Wildman–Crippen MR) is 86.3 cm³/mol. The molecule has 0 bridgehead atoms. The average molecular weight is 303 g/mol. The Morgan fingerprint density at radius 3 is 2.59 bits per heavy atom. The first-order chi connectivity index (χ1) is 10.5. The topological polar surface area (TPSA) is 57.6 Å². The van der Waals surface area contributed by atoms with Gasteiger partial charge in [0, 0.05) is 12.1 Å². The normalized spacial score (nSPS) is 20.5. The van der Waals surface area contributed by atoms with Gasteiger partial charge in [-0.1, -0.05) is 38.1 Å². The first-order valence-electron chi connectivity index (χ1n) is 8.09. The Kier molecular flexibility index (Phi) is 5.72. The summed E-state index contributed by atoms with van der Waals surface area (Å²) in [5, 5.41) is 9.10. The molecule has 2 rings (SSSR count). The molecule has 1 N–H and O–H groups in total. The minimum atomic E-state index is -0.755. The van der Waals surface area contributed by atoms with E-state index >= 15 is 0 Å². The lowest BCUT2D eigenvalue weighted by Crippen LogP contribution is -2.41. The molecule has 1 aliphatic rings. The van der Waals surface area contributed by atoms with Crippen molar-refractivity contribution in [3.63, 3.8) is 0 Å². The van der Waals surface area contributed by atoms with Crippen molar-refractivity contribution >= 4 is 11.8 Å². The smallest absolute Gasteiger partial charge is 0.307 e. The number of carbonyl (C=O) groups is 2. The van der Waals surface area contributed by atoms with Crippen molar-refractivity contribution in [1.82, 2.24) is 4.90 Å². The van der Waals surface area contributed by atoms with Gasteiger partial charge in [0.05, 0.1) is 12.5 Å². The summed E-state index contributed by atoms with van der Waals surface area (Å²) in [6.07, 6.45) is 2.64. The Balaban J connectivity index is 1.95. The SMILES string of the molecule is CCC(C)c1ccc(C(=O)CN2CCCC(C(=O)O)C2)cc1. The molecule has 0 aromatic heterocycles. The van der Waals surface area contributed by atoms with E-state index in [-0.39, 0.29) is 11.7 Å². The van der Waals surface area contributed by atoms with E-state index in [9.17, 15) is 9.59 Å². The van der Waals surface area contributed by atoms with Crippen molar-refractivity contribution < 1.29 is 14.7 Å². The van der Waals surface area contributed by atoms with Crippen LogP contribution in [0.4, 0.5) is 0 Å². The van der Waals surface area contributed by atoms with Crippen LogP contribution in [0, 0.1) is 5.92 Å². The van der Waals surface area contributed by atoms with Gasteiger partial charge in [-0.3, -0.25) is 14.5 Å². The summed E-state index contributed by atoms with van der Waals surface area (Å²) in [6, 6.07) is 7.83. The molecule has 0 radical (unpaired) electrons. The second-order valence-corrected chi connectivity index (χ2v) is 6.27. The van der Waals surface area contributed by atoms with Gasteiger partial charge >= 0.3 is 5.97 Å². The van der Waals surface area contributed by atoms with Gasteiger partial charge in [0.15, 0.2) is 5.78 Å². The summed E-state index contributed by atoms with van der Waals surface area (Å²) >= 11 is 0. The minimum absolute atomic E-state index is 0.0711. The molecule has 1 aliphatic heterocycles. The van der Waals surface area contributed by atoms with Gasteiger partial charge in [0.2, 0.25) is 0 Å². The molecule has 0 saturated carbocycles. The Labute approximate surface area is 132 Å². The monoisotopic (exact) mass is 303 g/mol. The summed E-state index contributed by atoms with van der Waals surface area (Å²) in [5.74, 6) is -0.520. The Morgan fingerprint density at radius 2 is 2.00 bits per heavy atom. The van der Waals surface area contributed by atoms with E-state index in [1.807, 2.05) is 29.2 Å². The standard InChI is InChI=1S/C18H25NO3/c1-3-13(2)14-6-8-15(9-7-14)17(20)12-19-10-4-5-16(11-19)18(21)22/h6-9,13,16H,3-5,10-12H2,1-2H3,(H,21,22). The molecule has 4 heteroatoms. The van der Waals surface area contributed by atoms with Crippen LogP contribution in [0.25, 0.3) is 0 Å². The zero-order valence-electron chi connectivity index (χ0n) is 13.4. The Morgan fingerprint density at radius 1 is 1.32 bits per heavy atom. The van der Waals surface area contributed by atoms with E-state index in [0.29, 0.717) is 31.0 Å². The molecule has 120 valence electrons. The summed E-state index contributed by atoms with van der Waals surface area (Å²) in [4.78, 5) is 25.4. The molecule has 0 spiro atoms. The maximum absolute atomic E-state index is 12.4. The summed E-state index contributed by atoms with van der Waals surface area (Å²) in [6.45, 7) is 5.93. The number of likely N-dealkylation sites (tertiary alicyclic amines) is 1. The third-order valence-electron chi connectivity index (χ3n) is 4.64. The van der Waals surface area contributed by atoms with Gasteiger partial charge in [-0.25, -0.2) is 0 Å². The number of aliphatic carboxylic acids is 1. The van der Waals surface area contributed by atoms with Crippen LogP contribution >= 0.6 is 0 Å². The molecule has 0 amide bonds. The molecule has 22 heavy (non-hydrogen) atoms. The molecule has 4 nitrogen and oxygen atoms in total. The molecule has 1 fully saturated rings. The molecule has 1 aromatic rings. The van der Waals surface area contributed by atoms with E-state index in [0.717, 1.165) is 19.4 Å². The number of carboxylic acid groups (broad SMARTS) is 1. The van der Waals surface area contributed by atoms with E-state index in [4.69, 9.17) is 5.11 Å². The van der Waals surface area contributed by atoms with Crippen LogP contribution in [0.1, 0.15) is 54.9 Å². The Hall–Kier alpha value is -1.68. The number of carboxylic acids is 1. The van der Waals surface area contributed by atoms with Gasteiger partial charge < -0.3 is 5.11 Å². The van der Waals surface area contributed by atoms with Crippen LogP contribution in [0.3, 0.4) is 0 Å². The fraction of sp³-hybridized carbons (Fsp3) is 0.556. The average Bonchev–Trinajstić information content (AvgIpc) is 2.54. The van der Waals surface area contributed by atoms with Crippen molar-refractivity contribution in [3.05, 3.63) is 35.4 Å². The zero-order chi connectivity index (χ0) is 16.1. The summed E-state index contributed by atoms with van der Waals surface area (Å²) < 4.78 is 0. The molecule has 2 unspecified atom stereocenters. The molecular formula is C18H25NO3. The lowest BCUT2D eigenvalue weighted by molar-refractivity contribution is -0.143. The maximum Gasteiger partial charge on any atom is 0.307 e. The third kappa shape index (κ3) is 4.17. The number of ketones is 1. The number of nitrogens with zero attached hydrogens (tertiary/aromatic N) is 1. The van der Waals surface area contributed by atoms with E-state index in [1.165, 1.54) is 5.56 Å². The number of benzene rings is 1. The number of hydrogen-bond acceptors (Lipinski definition) is 3. The maximum atomic E-state index is 12.4. The first kappa shape index (κ1) is 16.7.